The SMILES string of the molecule is Cc1nc(CCC(=O)N2CC[C@]3(CCCN(C4CCOCC4)C3=O)C2)n[nH]1. The Hall–Kier alpha value is -1.96. The van der Waals surface area contributed by atoms with Crippen LogP contribution in [0.15, 0.2) is 0 Å². The minimum absolute atomic E-state index is 0.102. The van der Waals surface area contributed by atoms with E-state index in [0.717, 1.165) is 57.7 Å². The van der Waals surface area contributed by atoms with Crippen molar-refractivity contribution in [2.45, 2.75) is 57.9 Å². The molecule has 8 nitrogen and oxygen atoms in total. The van der Waals surface area contributed by atoms with Gasteiger partial charge in [0, 0.05) is 51.7 Å². The number of carbonyl (C=O) groups excluding carboxylic acids is 2. The van der Waals surface area contributed by atoms with E-state index in [4.69, 9.17) is 4.74 Å². The first-order chi connectivity index (χ1) is 13.1. The van der Waals surface area contributed by atoms with E-state index in [2.05, 4.69) is 20.1 Å². The molecule has 0 aromatic carbocycles. The summed E-state index contributed by atoms with van der Waals surface area (Å²) in [6.45, 7) is 5.43. The minimum atomic E-state index is -0.368. The second-order valence-electron chi connectivity index (χ2n) is 8.13. The summed E-state index contributed by atoms with van der Waals surface area (Å²) in [7, 11) is 0. The number of likely N-dealkylation sites (tertiary alicyclic amines) is 2. The van der Waals surface area contributed by atoms with Crippen molar-refractivity contribution in [1.82, 2.24) is 25.0 Å². The summed E-state index contributed by atoms with van der Waals surface area (Å²) in [5, 5.41) is 6.90. The Balaban J connectivity index is 1.36. The predicted molar refractivity (Wildman–Crippen MR) is 97.9 cm³/mol. The number of rotatable bonds is 4. The Labute approximate surface area is 159 Å². The van der Waals surface area contributed by atoms with Crippen LogP contribution in [-0.4, -0.2) is 75.7 Å². The van der Waals surface area contributed by atoms with Crippen LogP contribution in [-0.2, 0) is 20.7 Å². The molecule has 3 fully saturated rings. The molecular weight excluding hydrogens is 346 g/mol. The van der Waals surface area contributed by atoms with Crippen molar-refractivity contribution >= 4 is 11.8 Å². The molecule has 0 aliphatic carbocycles. The van der Waals surface area contributed by atoms with Gasteiger partial charge in [-0.1, -0.05) is 0 Å². The molecule has 4 heterocycles. The van der Waals surface area contributed by atoms with Crippen molar-refractivity contribution in [2.75, 3.05) is 32.8 Å². The van der Waals surface area contributed by atoms with E-state index < -0.39 is 0 Å². The van der Waals surface area contributed by atoms with Crippen LogP contribution in [0.5, 0.6) is 0 Å². The largest absolute Gasteiger partial charge is 0.381 e. The molecule has 1 aromatic rings. The number of ether oxygens (including phenoxy) is 1. The Kier molecular flexibility index (Phi) is 5.16. The third kappa shape index (κ3) is 3.72. The third-order valence-electron chi connectivity index (χ3n) is 6.31. The number of nitrogens with one attached hydrogen (secondary N) is 1. The van der Waals surface area contributed by atoms with Gasteiger partial charge in [-0.3, -0.25) is 14.7 Å². The first kappa shape index (κ1) is 18.4. The standard InChI is InChI=1S/C19H29N5O3/c1-14-20-16(22-21-14)3-4-17(25)23-10-8-19(13-23)7-2-9-24(18(19)26)15-5-11-27-12-6-15/h15H,2-13H2,1H3,(H,20,21,22)/t19-/m1/s1. The molecule has 3 aliphatic rings. The first-order valence-electron chi connectivity index (χ1n) is 10.1. The number of amides is 2. The number of H-pyrrole nitrogens is 1. The molecular formula is C19H29N5O3. The second kappa shape index (κ2) is 7.58. The smallest absolute Gasteiger partial charge is 0.230 e. The Morgan fingerprint density at radius 1 is 1.30 bits per heavy atom. The summed E-state index contributed by atoms with van der Waals surface area (Å²) in [6.07, 6.45) is 5.51. The van der Waals surface area contributed by atoms with Crippen molar-refractivity contribution in [3.63, 3.8) is 0 Å². The average molecular weight is 375 g/mol. The lowest BCUT2D eigenvalue weighted by atomic mass is 9.77. The van der Waals surface area contributed by atoms with Gasteiger partial charge in [-0.05, 0) is 39.0 Å². The number of aryl methyl sites for hydroxylation is 2. The molecule has 3 aliphatic heterocycles. The van der Waals surface area contributed by atoms with Crippen LogP contribution in [0.25, 0.3) is 0 Å². The van der Waals surface area contributed by atoms with Gasteiger partial charge in [-0.2, -0.15) is 5.10 Å². The highest BCUT2D eigenvalue weighted by Crippen LogP contribution is 2.41. The van der Waals surface area contributed by atoms with Crippen LogP contribution in [0, 0.1) is 12.3 Å². The Bertz CT molecular complexity index is 699. The fraction of sp³-hybridized carbons (Fsp3) is 0.789. The zero-order valence-corrected chi connectivity index (χ0v) is 16.1. The fourth-order valence-electron chi connectivity index (χ4n) is 4.79. The summed E-state index contributed by atoms with van der Waals surface area (Å²) in [5.41, 5.74) is -0.368. The van der Waals surface area contributed by atoms with Gasteiger partial charge in [-0.25, -0.2) is 4.98 Å². The monoisotopic (exact) mass is 375 g/mol. The van der Waals surface area contributed by atoms with Crippen molar-refractivity contribution in [2.24, 2.45) is 5.41 Å². The van der Waals surface area contributed by atoms with Crippen LogP contribution in [0.1, 0.15) is 50.2 Å². The quantitative estimate of drug-likeness (QED) is 0.850. The van der Waals surface area contributed by atoms with Crippen LogP contribution >= 0.6 is 0 Å². The molecule has 1 spiro atoms. The summed E-state index contributed by atoms with van der Waals surface area (Å²) in [5.74, 6) is 1.80. The van der Waals surface area contributed by atoms with Crippen LogP contribution < -0.4 is 0 Å². The van der Waals surface area contributed by atoms with Crippen LogP contribution in [0.3, 0.4) is 0 Å². The van der Waals surface area contributed by atoms with Gasteiger partial charge in [0.25, 0.3) is 0 Å². The molecule has 8 heteroatoms. The van der Waals surface area contributed by atoms with E-state index >= 15 is 0 Å². The van der Waals surface area contributed by atoms with E-state index in [1.807, 2.05) is 11.8 Å². The topological polar surface area (TPSA) is 91.4 Å². The van der Waals surface area contributed by atoms with Gasteiger partial charge >= 0.3 is 0 Å². The van der Waals surface area contributed by atoms with E-state index in [1.54, 1.807) is 0 Å². The molecule has 1 atom stereocenters. The zero-order chi connectivity index (χ0) is 18.9. The van der Waals surface area contributed by atoms with Gasteiger partial charge in [0.2, 0.25) is 11.8 Å². The molecule has 27 heavy (non-hydrogen) atoms. The van der Waals surface area contributed by atoms with Crippen molar-refractivity contribution in [1.29, 1.82) is 0 Å². The van der Waals surface area contributed by atoms with Gasteiger partial charge < -0.3 is 14.5 Å². The number of aromatic nitrogens is 3. The summed E-state index contributed by atoms with van der Waals surface area (Å²) in [6, 6.07) is 0.308. The molecule has 4 rings (SSSR count). The van der Waals surface area contributed by atoms with Crippen molar-refractivity contribution in [3.8, 4) is 0 Å². The number of hydrogen-bond donors (Lipinski definition) is 1. The van der Waals surface area contributed by atoms with Crippen LogP contribution in [0.2, 0.25) is 0 Å². The lowest BCUT2D eigenvalue weighted by Gasteiger charge is -2.44. The fourth-order valence-corrected chi connectivity index (χ4v) is 4.79. The van der Waals surface area contributed by atoms with Gasteiger partial charge in [0.05, 0.1) is 5.41 Å². The second-order valence-corrected chi connectivity index (χ2v) is 8.13. The van der Waals surface area contributed by atoms with Gasteiger partial charge in [-0.15, -0.1) is 0 Å². The minimum Gasteiger partial charge on any atom is -0.381 e. The Morgan fingerprint density at radius 3 is 2.85 bits per heavy atom. The van der Waals surface area contributed by atoms with Crippen LogP contribution in [0.4, 0.5) is 0 Å². The highest BCUT2D eigenvalue weighted by atomic mass is 16.5. The zero-order valence-electron chi connectivity index (χ0n) is 16.1. The molecule has 2 amide bonds. The number of nitrogens with zero attached hydrogens (tertiary/aromatic N) is 4. The molecule has 0 unspecified atom stereocenters. The number of carbonyl (C=O) groups is 2. The third-order valence-corrected chi connectivity index (χ3v) is 6.31. The molecule has 1 N–H and O–H groups in total. The molecule has 0 radical (unpaired) electrons. The molecule has 3 saturated heterocycles. The number of piperidine rings is 1. The molecule has 148 valence electrons. The maximum atomic E-state index is 13.3. The molecule has 1 aromatic heterocycles. The summed E-state index contributed by atoms with van der Waals surface area (Å²) in [4.78, 5) is 34.2. The van der Waals surface area contributed by atoms with Crippen molar-refractivity contribution in [3.05, 3.63) is 11.6 Å². The van der Waals surface area contributed by atoms with E-state index in [9.17, 15) is 9.59 Å². The van der Waals surface area contributed by atoms with E-state index in [0.29, 0.717) is 37.8 Å². The number of hydrogen-bond acceptors (Lipinski definition) is 5. The van der Waals surface area contributed by atoms with E-state index in [1.165, 1.54) is 0 Å². The highest BCUT2D eigenvalue weighted by molar-refractivity contribution is 5.86. The average Bonchev–Trinajstić information content (AvgIpc) is 3.30. The molecule has 0 bridgehead atoms. The molecule has 0 saturated carbocycles. The van der Waals surface area contributed by atoms with E-state index in [-0.39, 0.29) is 17.2 Å². The van der Waals surface area contributed by atoms with Crippen molar-refractivity contribution < 1.29 is 14.3 Å². The summed E-state index contributed by atoms with van der Waals surface area (Å²) >= 11 is 0. The van der Waals surface area contributed by atoms with Gasteiger partial charge in [0.15, 0.2) is 5.82 Å². The summed E-state index contributed by atoms with van der Waals surface area (Å²) < 4.78 is 5.45. The lowest BCUT2D eigenvalue weighted by molar-refractivity contribution is -0.150. The predicted octanol–water partition coefficient (Wildman–Crippen LogP) is 1.07. The highest BCUT2D eigenvalue weighted by Gasteiger charge is 2.50. The maximum Gasteiger partial charge on any atom is 0.230 e. The normalized spacial score (nSPS) is 26.9. The Morgan fingerprint density at radius 2 is 2.11 bits per heavy atom. The lowest BCUT2D eigenvalue weighted by Crippen LogP contribution is -2.55. The first-order valence-corrected chi connectivity index (χ1v) is 10.1. The maximum absolute atomic E-state index is 13.3. The number of aromatic amines is 1. The van der Waals surface area contributed by atoms with Gasteiger partial charge in [0.1, 0.15) is 5.82 Å².